The van der Waals surface area contributed by atoms with E-state index in [1.807, 2.05) is 25.1 Å². The van der Waals surface area contributed by atoms with Crippen LogP contribution in [0, 0.1) is 0 Å². The Bertz CT molecular complexity index is 725. The molecule has 0 bridgehead atoms. The first-order valence-electron chi connectivity index (χ1n) is 8.41. The van der Waals surface area contributed by atoms with Gasteiger partial charge in [0, 0.05) is 38.3 Å². The minimum absolute atomic E-state index is 0.0524. The van der Waals surface area contributed by atoms with E-state index in [0.29, 0.717) is 24.8 Å². The van der Waals surface area contributed by atoms with Gasteiger partial charge in [0.15, 0.2) is 0 Å². The van der Waals surface area contributed by atoms with Gasteiger partial charge in [-0.2, -0.15) is 5.10 Å². The Labute approximate surface area is 146 Å². The van der Waals surface area contributed by atoms with Crippen LogP contribution in [0.1, 0.15) is 24.6 Å². The third-order valence-corrected chi connectivity index (χ3v) is 3.96. The van der Waals surface area contributed by atoms with E-state index < -0.39 is 0 Å². The lowest BCUT2D eigenvalue weighted by Gasteiger charge is -2.12. The quantitative estimate of drug-likeness (QED) is 0.834. The maximum Gasteiger partial charge on any atom is 0.320 e. The Morgan fingerprint density at radius 1 is 1.48 bits per heavy atom. The molecule has 1 aliphatic heterocycles. The van der Waals surface area contributed by atoms with Crippen LogP contribution >= 0.6 is 0 Å². The van der Waals surface area contributed by atoms with Gasteiger partial charge in [-0.3, -0.25) is 10.00 Å². The summed E-state index contributed by atoms with van der Waals surface area (Å²) in [5.74, 6) is 1.21. The van der Waals surface area contributed by atoms with Gasteiger partial charge in [0.1, 0.15) is 11.9 Å². The molecule has 8 nitrogen and oxygen atoms in total. The Morgan fingerprint density at radius 3 is 3.08 bits per heavy atom. The fraction of sp³-hybridized carbons (Fsp3) is 0.471. The topological polar surface area (TPSA) is 90.3 Å². The summed E-state index contributed by atoms with van der Waals surface area (Å²) in [6.07, 6.45) is 3.42. The molecule has 134 valence electrons. The van der Waals surface area contributed by atoms with Gasteiger partial charge in [-0.05, 0) is 18.1 Å². The maximum atomic E-state index is 12.1. The standard InChI is InChI=1S/C17H23N5O3/c1-3-13-9-15(22(2)21-13)20-17(23)19-10-12-4-6-18-16(8-12)25-14-5-7-24-11-14/h4,6,8-9,14H,3,5,7,10-11H2,1-2H3,(H2,19,20,23). The monoisotopic (exact) mass is 345 g/mol. The van der Waals surface area contributed by atoms with E-state index in [2.05, 4.69) is 20.7 Å². The number of carbonyl (C=O) groups is 1. The van der Waals surface area contributed by atoms with Gasteiger partial charge in [-0.15, -0.1) is 0 Å². The number of hydrogen-bond acceptors (Lipinski definition) is 5. The van der Waals surface area contributed by atoms with Crippen LogP contribution in [-0.2, 0) is 24.8 Å². The van der Waals surface area contributed by atoms with Crippen molar-refractivity contribution in [3.8, 4) is 5.88 Å². The first-order valence-corrected chi connectivity index (χ1v) is 8.41. The number of aryl methyl sites for hydroxylation is 2. The average molecular weight is 345 g/mol. The highest BCUT2D eigenvalue weighted by molar-refractivity contribution is 5.88. The second kappa shape index (κ2) is 7.98. The molecule has 8 heteroatoms. The zero-order chi connectivity index (χ0) is 17.6. The molecule has 0 aromatic carbocycles. The summed E-state index contributed by atoms with van der Waals surface area (Å²) in [7, 11) is 1.80. The van der Waals surface area contributed by atoms with E-state index in [9.17, 15) is 4.79 Å². The number of aromatic nitrogens is 3. The fourth-order valence-corrected chi connectivity index (χ4v) is 2.56. The van der Waals surface area contributed by atoms with E-state index in [0.717, 1.165) is 30.7 Å². The molecule has 2 aromatic heterocycles. The predicted molar refractivity (Wildman–Crippen MR) is 92.5 cm³/mol. The molecule has 25 heavy (non-hydrogen) atoms. The minimum atomic E-state index is -0.283. The maximum absolute atomic E-state index is 12.1. The largest absolute Gasteiger partial charge is 0.472 e. The van der Waals surface area contributed by atoms with Crippen LogP contribution < -0.4 is 15.4 Å². The van der Waals surface area contributed by atoms with E-state index in [4.69, 9.17) is 9.47 Å². The van der Waals surface area contributed by atoms with Gasteiger partial charge in [-0.25, -0.2) is 9.78 Å². The molecule has 1 unspecified atom stereocenters. The van der Waals surface area contributed by atoms with Crippen molar-refractivity contribution in [3.05, 3.63) is 35.7 Å². The van der Waals surface area contributed by atoms with Crippen molar-refractivity contribution in [2.45, 2.75) is 32.4 Å². The van der Waals surface area contributed by atoms with Crippen LogP contribution in [0.4, 0.5) is 10.6 Å². The van der Waals surface area contributed by atoms with Crippen LogP contribution in [0.2, 0.25) is 0 Å². The zero-order valence-corrected chi connectivity index (χ0v) is 14.5. The van der Waals surface area contributed by atoms with Crippen LogP contribution in [0.3, 0.4) is 0 Å². The first kappa shape index (κ1) is 17.2. The van der Waals surface area contributed by atoms with Crippen molar-refractivity contribution >= 4 is 11.8 Å². The number of nitrogens with zero attached hydrogens (tertiary/aromatic N) is 3. The van der Waals surface area contributed by atoms with Crippen molar-refractivity contribution in [1.82, 2.24) is 20.1 Å². The van der Waals surface area contributed by atoms with Gasteiger partial charge in [0.25, 0.3) is 0 Å². The second-order valence-corrected chi connectivity index (χ2v) is 5.91. The van der Waals surface area contributed by atoms with E-state index in [1.165, 1.54) is 0 Å². The van der Waals surface area contributed by atoms with Crippen molar-refractivity contribution in [2.75, 3.05) is 18.5 Å². The van der Waals surface area contributed by atoms with Crippen molar-refractivity contribution < 1.29 is 14.3 Å². The number of anilines is 1. The molecular formula is C17H23N5O3. The highest BCUT2D eigenvalue weighted by atomic mass is 16.5. The smallest absolute Gasteiger partial charge is 0.320 e. The number of hydrogen-bond donors (Lipinski definition) is 2. The van der Waals surface area contributed by atoms with Crippen molar-refractivity contribution in [1.29, 1.82) is 0 Å². The Hall–Kier alpha value is -2.61. The molecule has 0 spiro atoms. The second-order valence-electron chi connectivity index (χ2n) is 5.91. The Morgan fingerprint density at radius 2 is 2.36 bits per heavy atom. The molecule has 2 aromatic rings. The fourth-order valence-electron chi connectivity index (χ4n) is 2.56. The van der Waals surface area contributed by atoms with Crippen molar-refractivity contribution in [3.63, 3.8) is 0 Å². The summed E-state index contributed by atoms with van der Waals surface area (Å²) in [5.41, 5.74) is 1.85. The van der Waals surface area contributed by atoms with Crippen molar-refractivity contribution in [2.24, 2.45) is 7.05 Å². The molecule has 1 aliphatic rings. The summed E-state index contributed by atoms with van der Waals surface area (Å²) >= 11 is 0. The molecule has 1 fully saturated rings. The molecule has 0 saturated carbocycles. The van der Waals surface area contributed by atoms with Gasteiger partial charge < -0.3 is 14.8 Å². The van der Waals surface area contributed by atoms with Crippen LogP contribution in [0.15, 0.2) is 24.4 Å². The van der Waals surface area contributed by atoms with E-state index in [1.54, 1.807) is 17.9 Å². The number of rotatable bonds is 6. The van der Waals surface area contributed by atoms with Gasteiger partial charge in [0.2, 0.25) is 5.88 Å². The molecule has 3 heterocycles. The lowest BCUT2D eigenvalue weighted by molar-refractivity contribution is 0.138. The van der Waals surface area contributed by atoms with E-state index in [-0.39, 0.29) is 12.1 Å². The van der Waals surface area contributed by atoms with E-state index >= 15 is 0 Å². The summed E-state index contributed by atoms with van der Waals surface area (Å²) in [5, 5.41) is 9.92. The Balaban J connectivity index is 1.52. The molecule has 1 saturated heterocycles. The minimum Gasteiger partial charge on any atom is -0.472 e. The normalized spacial score (nSPS) is 16.6. The van der Waals surface area contributed by atoms with Gasteiger partial charge >= 0.3 is 6.03 Å². The van der Waals surface area contributed by atoms with Crippen LogP contribution in [0.25, 0.3) is 0 Å². The average Bonchev–Trinajstić information content (AvgIpc) is 3.23. The SMILES string of the molecule is CCc1cc(NC(=O)NCc2ccnc(OC3CCOC3)c2)n(C)n1. The molecule has 1 atom stereocenters. The molecule has 2 N–H and O–H groups in total. The summed E-state index contributed by atoms with van der Waals surface area (Å²) in [4.78, 5) is 16.3. The lowest BCUT2D eigenvalue weighted by atomic mass is 10.2. The lowest BCUT2D eigenvalue weighted by Crippen LogP contribution is -2.29. The molecular weight excluding hydrogens is 322 g/mol. The highest BCUT2D eigenvalue weighted by Gasteiger charge is 2.17. The molecule has 0 aliphatic carbocycles. The van der Waals surface area contributed by atoms with Crippen LogP contribution in [-0.4, -0.2) is 40.1 Å². The highest BCUT2D eigenvalue weighted by Crippen LogP contribution is 2.15. The number of carbonyl (C=O) groups excluding carboxylic acids is 1. The summed E-state index contributed by atoms with van der Waals surface area (Å²) < 4.78 is 12.7. The molecule has 2 amide bonds. The number of ether oxygens (including phenoxy) is 2. The zero-order valence-electron chi connectivity index (χ0n) is 14.5. The number of amides is 2. The summed E-state index contributed by atoms with van der Waals surface area (Å²) in [6.45, 7) is 3.72. The van der Waals surface area contributed by atoms with Gasteiger partial charge in [-0.1, -0.05) is 6.92 Å². The first-order chi connectivity index (χ1) is 12.1. The molecule has 3 rings (SSSR count). The summed E-state index contributed by atoms with van der Waals surface area (Å²) in [6, 6.07) is 5.26. The number of nitrogens with one attached hydrogen (secondary N) is 2. The third-order valence-electron chi connectivity index (χ3n) is 3.96. The predicted octanol–water partition coefficient (Wildman–Crippen LogP) is 1.87. The third kappa shape index (κ3) is 4.69. The molecule has 0 radical (unpaired) electrons. The Kier molecular flexibility index (Phi) is 5.49. The van der Waals surface area contributed by atoms with Crippen LogP contribution in [0.5, 0.6) is 5.88 Å². The van der Waals surface area contributed by atoms with Gasteiger partial charge in [0.05, 0.1) is 18.9 Å². The number of pyridine rings is 1. The number of urea groups is 1.